The molecule has 2 aliphatic rings. The van der Waals surface area contributed by atoms with Gasteiger partial charge in [-0.25, -0.2) is 4.39 Å². The van der Waals surface area contributed by atoms with E-state index in [-0.39, 0.29) is 23.8 Å². The number of rotatable bonds is 3. The van der Waals surface area contributed by atoms with Gasteiger partial charge in [-0.05, 0) is 57.1 Å². The fourth-order valence-electron chi connectivity index (χ4n) is 4.06. The van der Waals surface area contributed by atoms with Crippen LogP contribution >= 0.6 is 0 Å². The van der Waals surface area contributed by atoms with Gasteiger partial charge in [0.2, 0.25) is 0 Å². The van der Waals surface area contributed by atoms with Gasteiger partial charge in [-0.15, -0.1) is 0 Å². The molecule has 6 heteroatoms. The lowest BCUT2D eigenvalue weighted by atomic mass is 10.0. The van der Waals surface area contributed by atoms with Crippen LogP contribution < -0.4 is 5.32 Å². The summed E-state index contributed by atoms with van der Waals surface area (Å²) in [5.41, 5.74) is 1.84. The summed E-state index contributed by atoms with van der Waals surface area (Å²) in [5, 5.41) is 3.67. The summed E-state index contributed by atoms with van der Waals surface area (Å²) in [6.07, 6.45) is 3.67. The second-order valence-electron chi connectivity index (χ2n) is 7.25. The standard InChI is InChI=1S/C20H24FN3O2/c1-13-9-16(15-10-14(21)5-6-17(15)22-13)20(25)23-18-11-26-12-19(18)24-7-3-2-4-8-24/h5-6,9-10,18-19H,2-4,7-8,11-12H2,1H3,(H,23,25)/t18-,19-/m0/s1. The van der Waals surface area contributed by atoms with Gasteiger partial charge in [0.15, 0.2) is 0 Å². The highest BCUT2D eigenvalue weighted by molar-refractivity contribution is 6.06. The number of halogens is 1. The number of hydrogen-bond acceptors (Lipinski definition) is 4. The average molecular weight is 357 g/mol. The molecule has 1 N–H and O–H groups in total. The van der Waals surface area contributed by atoms with Crippen molar-refractivity contribution in [2.75, 3.05) is 26.3 Å². The van der Waals surface area contributed by atoms with Crippen molar-refractivity contribution in [3.8, 4) is 0 Å². The largest absolute Gasteiger partial charge is 0.378 e. The lowest BCUT2D eigenvalue weighted by Crippen LogP contribution is -2.52. The first kappa shape index (κ1) is 17.4. The van der Waals surface area contributed by atoms with E-state index in [2.05, 4.69) is 15.2 Å². The summed E-state index contributed by atoms with van der Waals surface area (Å²) >= 11 is 0. The fraction of sp³-hybridized carbons (Fsp3) is 0.500. The molecule has 0 unspecified atom stereocenters. The zero-order valence-electron chi connectivity index (χ0n) is 15.0. The second kappa shape index (κ2) is 7.29. The third-order valence-electron chi connectivity index (χ3n) is 5.37. The Labute approximate surface area is 152 Å². The van der Waals surface area contributed by atoms with Gasteiger partial charge in [0, 0.05) is 11.1 Å². The van der Waals surface area contributed by atoms with E-state index in [1.54, 1.807) is 12.1 Å². The van der Waals surface area contributed by atoms with Crippen LogP contribution in [0.25, 0.3) is 10.9 Å². The molecule has 1 aromatic carbocycles. The molecule has 1 aromatic heterocycles. The molecule has 4 rings (SSSR count). The molecule has 2 saturated heterocycles. The Bertz CT molecular complexity index is 820. The highest BCUT2D eigenvalue weighted by atomic mass is 19.1. The molecule has 2 aliphatic heterocycles. The summed E-state index contributed by atoms with van der Waals surface area (Å²) < 4.78 is 19.4. The quantitative estimate of drug-likeness (QED) is 0.918. The number of pyridine rings is 1. The van der Waals surface area contributed by atoms with E-state index in [1.165, 1.54) is 31.4 Å². The third-order valence-corrected chi connectivity index (χ3v) is 5.37. The highest BCUT2D eigenvalue weighted by Gasteiger charge is 2.35. The topological polar surface area (TPSA) is 54.5 Å². The van der Waals surface area contributed by atoms with Crippen LogP contribution in [0.3, 0.4) is 0 Å². The number of amides is 1. The van der Waals surface area contributed by atoms with Gasteiger partial charge in [-0.2, -0.15) is 0 Å². The minimum atomic E-state index is -0.368. The molecule has 2 atom stereocenters. The number of aryl methyl sites for hydroxylation is 1. The second-order valence-corrected chi connectivity index (χ2v) is 7.25. The first-order valence-electron chi connectivity index (χ1n) is 9.31. The van der Waals surface area contributed by atoms with Crippen LogP contribution in [0.15, 0.2) is 24.3 Å². The zero-order valence-corrected chi connectivity index (χ0v) is 15.0. The van der Waals surface area contributed by atoms with Crippen molar-refractivity contribution in [1.29, 1.82) is 0 Å². The van der Waals surface area contributed by atoms with E-state index < -0.39 is 0 Å². The zero-order chi connectivity index (χ0) is 18.1. The molecule has 1 amide bonds. The predicted molar refractivity (Wildman–Crippen MR) is 97.7 cm³/mol. The molecular weight excluding hydrogens is 333 g/mol. The molecule has 138 valence electrons. The molecule has 2 fully saturated rings. The first-order chi connectivity index (χ1) is 12.6. The average Bonchev–Trinajstić information content (AvgIpc) is 3.10. The van der Waals surface area contributed by atoms with E-state index in [1.807, 2.05) is 6.92 Å². The van der Waals surface area contributed by atoms with Gasteiger partial charge in [0.25, 0.3) is 5.91 Å². The molecule has 0 radical (unpaired) electrons. The van der Waals surface area contributed by atoms with Gasteiger partial charge in [-0.3, -0.25) is 14.7 Å². The van der Waals surface area contributed by atoms with Gasteiger partial charge in [0.1, 0.15) is 5.82 Å². The number of piperidine rings is 1. The summed E-state index contributed by atoms with van der Waals surface area (Å²) in [4.78, 5) is 19.8. The maximum absolute atomic E-state index is 13.7. The number of nitrogens with one attached hydrogen (secondary N) is 1. The summed E-state index contributed by atoms with van der Waals surface area (Å²) in [7, 11) is 0. The predicted octanol–water partition coefficient (Wildman–Crippen LogP) is 2.67. The van der Waals surface area contributed by atoms with Crippen molar-refractivity contribution in [2.24, 2.45) is 0 Å². The minimum absolute atomic E-state index is 0.0438. The van der Waals surface area contributed by atoms with Crippen molar-refractivity contribution in [1.82, 2.24) is 15.2 Å². The lowest BCUT2D eigenvalue weighted by Gasteiger charge is -2.34. The Morgan fingerprint density at radius 1 is 1.23 bits per heavy atom. The van der Waals surface area contributed by atoms with E-state index in [0.29, 0.717) is 29.7 Å². The Morgan fingerprint density at radius 3 is 2.85 bits per heavy atom. The molecule has 3 heterocycles. The lowest BCUT2D eigenvalue weighted by molar-refractivity contribution is 0.0901. The Hall–Kier alpha value is -2.05. The number of nitrogens with zero attached hydrogens (tertiary/aromatic N) is 2. The van der Waals surface area contributed by atoms with Gasteiger partial charge in [0.05, 0.1) is 36.4 Å². The van der Waals surface area contributed by atoms with Crippen molar-refractivity contribution < 1.29 is 13.9 Å². The van der Waals surface area contributed by atoms with Gasteiger partial charge in [-0.1, -0.05) is 6.42 Å². The first-order valence-corrected chi connectivity index (χ1v) is 9.31. The highest BCUT2D eigenvalue weighted by Crippen LogP contribution is 2.22. The van der Waals surface area contributed by atoms with Gasteiger partial charge >= 0.3 is 0 Å². The number of aromatic nitrogens is 1. The monoisotopic (exact) mass is 357 g/mol. The SMILES string of the molecule is Cc1cc(C(=O)N[C@H]2COC[C@@H]2N2CCCCC2)c2cc(F)ccc2n1. The Balaban J connectivity index is 1.58. The van der Waals surface area contributed by atoms with Crippen molar-refractivity contribution in [3.05, 3.63) is 41.3 Å². The molecule has 0 saturated carbocycles. The Morgan fingerprint density at radius 2 is 2.04 bits per heavy atom. The molecule has 2 aromatic rings. The van der Waals surface area contributed by atoms with Crippen molar-refractivity contribution >= 4 is 16.8 Å². The van der Waals surface area contributed by atoms with E-state index >= 15 is 0 Å². The maximum atomic E-state index is 13.7. The summed E-state index contributed by atoms with van der Waals surface area (Å²) in [6.45, 7) is 5.12. The normalized spacial score (nSPS) is 24.1. The van der Waals surface area contributed by atoms with Crippen LogP contribution in [0, 0.1) is 12.7 Å². The molecule has 26 heavy (non-hydrogen) atoms. The third kappa shape index (κ3) is 3.44. The van der Waals surface area contributed by atoms with Crippen molar-refractivity contribution in [3.63, 3.8) is 0 Å². The maximum Gasteiger partial charge on any atom is 0.252 e. The minimum Gasteiger partial charge on any atom is -0.378 e. The number of benzene rings is 1. The molecule has 0 bridgehead atoms. The molecular formula is C20H24FN3O2. The molecule has 0 spiro atoms. The smallest absolute Gasteiger partial charge is 0.252 e. The summed E-state index contributed by atoms with van der Waals surface area (Å²) in [5.74, 6) is -0.559. The van der Waals surface area contributed by atoms with Crippen LogP contribution in [0.4, 0.5) is 4.39 Å². The van der Waals surface area contributed by atoms with E-state index in [9.17, 15) is 9.18 Å². The Kier molecular flexibility index (Phi) is 4.87. The van der Waals surface area contributed by atoms with Crippen LogP contribution in [-0.4, -0.2) is 54.2 Å². The van der Waals surface area contributed by atoms with E-state index in [0.717, 1.165) is 18.8 Å². The number of fused-ring (bicyclic) bond motifs is 1. The van der Waals surface area contributed by atoms with Crippen LogP contribution in [0.1, 0.15) is 35.3 Å². The van der Waals surface area contributed by atoms with Crippen LogP contribution in [0.2, 0.25) is 0 Å². The van der Waals surface area contributed by atoms with Gasteiger partial charge < -0.3 is 10.1 Å². The fourth-order valence-corrected chi connectivity index (χ4v) is 4.06. The number of hydrogen-bond donors (Lipinski definition) is 1. The van der Waals surface area contributed by atoms with E-state index in [4.69, 9.17) is 4.74 Å². The number of likely N-dealkylation sites (tertiary alicyclic amines) is 1. The number of carbonyl (C=O) groups is 1. The van der Waals surface area contributed by atoms with Crippen LogP contribution in [0.5, 0.6) is 0 Å². The van der Waals surface area contributed by atoms with Crippen LogP contribution in [-0.2, 0) is 4.74 Å². The number of ether oxygens (including phenoxy) is 1. The summed E-state index contributed by atoms with van der Waals surface area (Å²) in [6, 6.07) is 6.26. The molecule has 5 nitrogen and oxygen atoms in total. The molecule has 0 aliphatic carbocycles. The van der Waals surface area contributed by atoms with Crippen molar-refractivity contribution in [2.45, 2.75) is 38.3 Å². The number of carbonyl (C=O) groups excluding carboxylic acids is 1.